The number of benzene rings is 2. The van der Waals surface area contributed by atoms with E-state index >= 15 is 0 Å². The van der Waals surface area contributed by atoms with Gasteiger partial charge < -0.3 is 14.7 Å². The summed E-state index contributed by atoms with van der Waals surface area (Å²) < 4.78 is 2.10. The number of hydrogen-bond donors (Lipinski definition) is 2. The van der Waals surface area contributed by atoms with Crippen LogP contribution in [0.1, 0.15) is 28.3 Å². The van der Waals surface area contributed by atoms with E-state index < -0.39 is 0 Å². The number of nitrogens with zero attached hydrogens (tertiary/aromatic N) is 3. The molecule has 138 valence electrons. The first-order chi connectivity index (χ1) is 13.5. The number of rotatable bonds is 3. The molecule has 0 saturated heterocycles. The number of allylic oxidation sites excluding steroid dienone is 1. The van der Waals surface area contributed by atoms with Crippen LogP contribution < -0.4 is 0 Å². The Bertz CT molecular complexity index is 1250. The molecule has 5 heteroatoms. The molecule has 0 spiro atoms. The Morgan fingerprint density at radius 1 is 1.11 bits per heavy atom. The van der Waals surface area contributed by atoms with Gasteiger partial charge in [0.2, 0.25) is 0 Å². The Morgan fingerprint density at radius 3 is 2.57 bits per heavy atom. The van der Waals surface area contributed by atoms with Crippen LogP contribution in [0, 0.1) is 32.1 Å². The monoisotopic (exact) mass is 368 g/mol. The number of phenolic OH excluding ortho intramolecular Hbond substituents is 1. The Morgan fingerprint density at radius 2 is 1.86 bits per heavy atom. The summed E-state index contributed by atoms with van der Waals surface area (Å²) in [5.41, 5.74) is 7.38. The number of aromatic amines is 1. The van der Waals surface area contributed by atoms with Gasteiger partial charge in [0, 0.05) is 17.1 Å². The average molecular weight is 368 g/mol. The van der Waals surface area contributed by atoms with Gasteiger partial charge in [-0.1, -0.05) is 6.07 Å². The lowest BCUT2D eigenvalue weighted by Gasteiger charge is -2.09. The van der Waals surface area contributed by atoms with Crippen molar-refractivity contribution < 1.29 is 5.11 Å². The van der Waals surface area contributed by atoms with Gasteiger partial charge in [-0.3, -0.25) is 0 Å². The summed E-state index contributed by atoms with van der Waals surface area (Å²) in [6, 6.07) is 17.4. The van der Waals surface area contributed by atoms with Gasteiger partial charge in [-0.25, -0.2) is 4.98 Å². The van der Waals surface area contributed by atoms with E-state index in [2.05, 4.69) is 20.6 Å². The van der Waals surface area contributed by atoms with Gasteiger partial charge in [0.1, 0.15) is 17.6 Å². The maximum Gasteiger partial charge on any atom is 0.149 e. The van der Waals surface area contributed by atoms with E-state index in [0.717, 1.165) is 39.2 Å². The summed E-state index contributed by atoms with van der Waals surface area (Å²) in [6.07, 6.45) is 1.86. The molecule has 4 aromatic rings. The van der Waals surface area contributed by atoms with E-state index in [-0.39, 0.29) is 5.75 Å². The van der Waals surface area contributed by atoms with Crippen molar-refractivity contribution in [2.75, 3.05) is 0 Å². The number of aromatic hydroxyl groups is 1. The van der Waals surface area contributed by atoms with E-state index in [4.69, 9.17) is 0 Å². The molecule has 0 radical (unpaired) electrons. The van der Waals surface area contributed by atoms with Gasteiger partial charge in [0.15, 0.2) is 0 Å². The number of aryl methyl sites for hydroxylation is 2. The van der Waals surface area contributed by atoms with Crippen LogP contribution in [-0.4, -0.2) is 19.6 Å². The van der Waals surface area contributed by atoms with Crippen molar-refractivity contribution in [1.29, 1.82) is 5.26 Å². The number of phenols is 1. The SMILES string of the molecule is Cc1ccc2nc(C(C#N)=Cc3cc(C)n(-c4ccc(O)cc4)c3C)[nH]c2c1. The zero-order chi connectivity index (χ0) is 19.8. The summed E-state index contributed by atoms with van der Waals surface area (Å²) in [6.45, 7) is 6.06. The van der Waals surface area contributed by atoms with E-state index in [9.17, 15) is 10.4 Å². The molecule has 0 unspecified atom stereocenters. The molecule has 0 amide bonds. The molecule has 2 aromatic carbocycles. The smallest absolute Gasteiger partial charge is 0.149 e. The van der Waals surface area contributed by atoms with E-state index in [1.807, 2.05) is 63.2 Å². The number of nitriles is 1. The minimum absolute atomic E-state index is 0.234. The van der Waals surface area contributed by atoms with Gasteiger partial charge in [-0.2, -0.15) is 5.26 Å². The highest BCUT2D eigenvalue weighted by Crippen LogP contribution is 2.26. The van der Waals surface area contributed by atoms with Crippen molar-refractivity contribution in [1.82, 2.24) is 14.5 Å². The Hall–Kier alpha value is -3.78. The molecule has 4 rings (SSSR count). The summed E-state index contributed by atoms with van der Waals surface area (Å²) >= 11 is 0. The fourth-order valence-corrected chi connectivity index (χ4v) is 3.49. The molecule has 2 N–H and O–H groups in total. The molecule has 0 bridgehead atoms. The zero-order valence-electron chi connectivity index (χ0n) is 16.0. The highest BCUT2D eigenvalue weighted by atomic mass is 16.3. The Balaban J connectivity index is 1.79. The van der Waals surface area contributed by atoms with Crippen LogP contribution in [0.25, 0.3) is 28.4 Å². The minimum Gasteiger partial charge on any atom is -0.508 e. The predicted molar refractivity (Wildman–Crippen MR) is 111 cm³/mol. The minimum atomic E-state index is 0.234. The molecule has 0 aliphatic heterocycles. The molecule has 2 aromatic heterocycles. The highest BCUT2D eigenvalue weighted by Gasteiger charge is 2.13. The molecule has 0 aliphatic rings. The van der Waals surface area contributed by atoms with E-state index in [0.29, 0.717) is 11.4 Å². The van der Waals surface area contributed by atoms with Crippen LogP contribution in [0.15, 0.2) is 48.5 Å². The molecule has 0 atom stereocenters. The molecular formula is C23H20N4O. The van der Waals surface area contributed by atoms with Crippen molar-refractivity contribution in [3.8, 4) is 17.5 Å². The topological polar surface area (TPSA) is 77.6 Å². The summed E-state index contributed by atoms with van der Waals surface area (Å²) in [7, 11) is 0. The normalized spacial score (nSPS) is 11.7. The first-order valence-corrected chi connectivity index (χ1v) is 9.03. The molecule has 0 aliphatic carbocycles. The molecule has 28 heavy (non-hydrogen) atoms. The van der Waals surface area contributed by atoms with Gasteiger partial charge in [0.05, 0.1) is 16.6 Å². The summed E-state index contributed by atoms with van der Waals surface area (Å²) in [5, 5.41) is 19.3. The highest BCUT2D eigenvalue weighted by molar-refractivity contribution is 5.91. The summed E-state index contributed by atoms with van der Waals surface area (Å²) in [4.78, 5) is 7.82. The molecule has 2 heterocycles. The second kappa shape index (κ2) is 6.75. The van der Waals surface area contributed by atoms with Crippen molar-refractivity contribution in [3.63, 3.8) is 0 Å². The zero-order valence-corrected chi connectivity index (χ0v) is 16.0. The van der Waals surface area contributed by atoms with E-state index in [1.54, 1.807) is 12.1 Å². The van der Waals surface area contributed by atoms with Gasteiger partial charge in [0.25, 0.3) is 0 Å². The van der Waals surface area contributed by atoms with Crippen molar-refractivity contribution >= 4 is 22.7 Å². The molecular weight excluding hydrogens is 348 g/mol. The number of hydrogen-bond acceptors (Lipinski definition) is 3. The first kappa shape index (κ1) is 17.6. The van der Waals surface area contributed by atoms with Crippen molar-refractivity contribution in [3.05, 3.63) is 76.9 Å². The van der Waals surface area contributed by atoms with Crippen LogP contribution in [0.2, 0.25) is 0 Å². The quantitative estimate of drug-likeness (QED) is 0.497. The van der Waals surface area contributed by atoms with Crippen LogP contribution in [0.3, 0.4) is 0 Å². The number of imidazole rings is 1. The molecule has 5 nitrogen and oxygen atoms in total. The first-order valence-electron chi connectivity index (χ1n) is 9.03. The van der Waals surface area contributed by atoms with Gasteiger partial charge in [-0.05, 0) is 80.4 Å². The number of nitrogens with one attached hydrogen (secondary N) is 1. The second-order valence-corrected chi connectivity index (χ2v) is 6.95. The second-order valence-electron chi connectivity index (χ2n) is 6.95. The number of fused-ring (bicyclic) bond motifs is 1. The molecule has 0 saturated carbocycles. The maximum absolute atomic E-state index is 9.72. The largest absolute Gasteiger partial charge is 0.508 e. The lowest BCUT2D eigenvalue weighted by molar-refractivity contribution is 0.475. The Labute approximate surface area is 163 Å². The number of H-pyrrole nitrogens is 1. The lowest BCUT2D eigenvalue weighted by Crippen LogP contribution is -1.98. The van der Waals surface area contributed by atoms with Crippen LogP contribution in [0.4, 0.5) is 0 Å². The third kappa shape index (κ3) is 3.06. The van der Waals surface area contributed by atoms with Crippen LogP contribution in [0.5, 0.6) is 5.75 Å². The Kier molecular flexibility index (Phi) is 4.25. The maximum atomic E-state index is 9.72. The average Bonchev–Trinajstić information content (AvgIpc) is 3.20. The van der Waals surface area contributed by atoms with E-state index in [1.165, 1.54) is 0 Å². The van der Waals surface area contributed by atoms with Crippen molar-refractivity contribution in [2.45, 2.75) is 20.8 Å². The third-order valence-electron chi connectivity index (χ3n) is 4.89. The standard InChI is InChI=1S/C23H20N4O/c1-14-4-9-21-22(10-14)26-23(25-21)18(13-24)12-17-11-15(2)27(16(17)3)19-5-7-20(28)8-6-19/h4-12,28H,1-3H3,(H,25,26). The van der Waals surface area contributed by atoms with Crippen molar-refractivity contribution in [2.24, 2.45) is 0 Å². The van der Waals surface area contributed by atoms with Crippen LogP contribution >= 0.6 is 0 Å². The predicted octanol–water partition coefficient (Wildman–Crippen LogP) is 5.05. The van der Waals surface area contributed by atoms with Gasteiger partial charge in [-0.15, -0.1) is 0 Å². The fourth-order valence-electron chi connectivity index (χ4n) is 3.49. The van der Waals surface area contributed by atoms with Crippen LogP contribution in [-0.2, 0) is 0 Å². The van der Waals surface area contributed by atoms with Gasteiger partial charge >= 0.3 is 0 Å². The fraction of sp³-hybridized carbons (Fsp3) is 0.130. The number of aromatic nitrogens is 3. The third-order valence-corrected chi connectivity index (χ3v) is 4.89. The lowest BCUT2D eigenvalue weighted by atomic mass is 10.1. The summed E-state index contributed by atoms with van der Waals surface area (Å²) in [5.74, 6) is 0.802. The molecule has 0 fully saturated rings.